The number of ketones is 1. The summed E-state index contributed by atoms with van der Waals surface area (Å²) in [5.74, 6) is 1.51. The summed E-state index contributed by atoms with van der Waals surface area (Å²) in [5, 5.41) is 13.2. The summed E-state index contributed by atoms with van der Waals surface area (Å²) < 4.78 is 15.6. The minimum absolute atomic E-state index is 0.154. The topological polar surface area (TPSA) is 107 Å². The van der Waals surface area contributed by atoms with E-state index in [0.29, 0.717) is 38.4 Å². The maximum atomic E-state index is 12.9. The van der Waals surface area contributed by atoms with Crippen molar-refractivity contribution in [3.8, 4) is 23.3 Å². The quantitative estimate of drug-likeness (QED) is 0.563. The number of hydrogen-bond donors (Lipinski definition) is 2. The van der Waals surface area contributed by atoms with E-state index in [4.69, 9.17) is 19.9 Å². The summed E-state index contributed by atoms with van der Waals surface area (Å²) in [6.07, 6.45) is 0. The molecule has 0 aliphatic rings. The predicted molar refractivity (Wildman–Crippen MR) is 113 cm³/mol. The third-order valence-corrected chi connectivity index (χ3v) is 5.38. The van der Waals surface area contributed by atoms with E-state index >= 15 is 0 Å². The number of methoxy groups -OCH3 is 3. The second-order valence-electron chi connectivity index (χ2n) is 5.91. The molecule has 1 heterocycles. The number of anilines is 3. The molecule has 0 bridgehead atoms. The fourth-order valence-corrected chi connectivity index (χ4v) is 3.78. The summed E-state index contributed by atoms with van der Waals surface area (Å²) in [6, 6.07) is 14.1. The van der Waals surface area contributed by atoms with Crippen LogP contribution in [0.2, 0.25) is 0 Å². The van der Waals surface area contributed by atoms with Gasteiger partial charge in [0, 0.05) is 17.3 Å². The van der Waals surface area contributed by atoms with Crippen LogP contribution in [0.15, 0.2) is 42.5 Å². The van der Waals surface area contributed by atoms with Crippen LogP contribution in [0.1, 0.15) is 20.8 Å². The normalized spacial score (nSPS) is 10.1. The third-order valence-electron chi connectivity index (χ3n) is 4.26. The Morgan fingerprint density at radius 3 is 2.31 bits per heavy atom. The molecule has 0 fully saturated rings. The van der Waals surface area contributed by atoms with Crippen LogP contribution in [0.5, 0.6) is 17.2 Å². The van der Waals surface area contributed by atoms with Crippen molar-refractivity contribution in [3.63, 3.8) is 0 Å². The highest BCUT2D eigenvalue weighted by atomic mass is 32.1. The molecule has 8 heteroatoms. The number of nitrogens with zero attached hydrogens (tertiary/aromatic N) is 1. The zero-order valence-corrected chi connectivity index (χ0v) is 16.9. The number of rotatable bonds is 7. The Labute approximate surface area is 172 Å². The van der Waals surface area contributed by atoms with Gasteiger partial charge in [0.05, 0.1) is 27.0 Å². The lowest BCUT2D eigenvalue weighted by molar-refractivity contribution is 0.104. The van der Waals surface area contributed by atoms with Gasteiger partial charge >= 0.3 is 0 Å². The van der Waals surface area contributed by atoms with Gasteiger partial charge in [-0.3, -0.25) is 4.79 Å². The Morgan fingerprint density at radius 2 is 1.72 bits per heavy atom. The molecule has 0 aliphatic heterocycles. The smallest absolute Gasteiger partial charge is 0.205 e. The number of nitrogens with two attached hydrogens (primary N) is 1. The van der Waals surface area contributed by atoms with E-state index in [1.54, 1.807) is 56.7 Å². The van der Waals surface area contributed by atoms with Crippen LogP contribution >= 0.6 is 11.3 Å². The van der Waals surface area contributed by atoms with Crippen molar-refractivity contribution in [1.82, 2.24) is 0 Å². The molecule has 0 amide bonds. The number of carbonyl (C=O) groups is 1. The number of carbonyl (C=O) groups excluding carboxylic acids is 1. The van der Waals surface area contributed by atoms with Gasteiger partial charge in [-0.25, -0.2) is 0 Å². The molecule has 7 nitrogen and oxygen atoms in total. The monoisotopic (exact) mass is 409 g/mol. The Kier molecular flexibility index (Phi) is 5.90. The second kappa shape index (κ2) is 8.54. The van der Waals surface area contributed by atoms with Crippen molar-refractivity contribution >= 4 is 33.5 Å². The first kappa shape index (κ1) is 20.0. The first-order chi connectivity index (χ1) is 14.0. The van der Waals surface area contributed by atoms with Gasteiger partial charge in [-0.2, -0.15) is 5.26 Å². The number of nitriles is 1. The molecule has 0 saturated heterocycles. The minimum atomic E-state index is -0.257. The highest BCUT2D eigenvalue weighted by Crippen LogP contribution is 2.39. The second-order valence-corrected chi connectivity index (χ2v) is 6.93. The molecule has 148 valence electrons. The lowest BCUT2D eigenvalue weighted by atomic mass is 10.1. The molecule has 3 aromatic rings. The highest BCUT2D eigenvalue weighted by molar-refractivity contribution is 7.19. The van der Waals surface area contributed by atoms with E-state index in [1.807, 2.05) is 0 Å². The first-order valence-corrected chi connectivity index (χ1v) is 9.34. The number of hydrogen-bond acceptors (Lipinski definition) is 8. The van der Waals surface area contributed by atoms with Gasteiger partial charge < -0.3 is 25.3 Å². The van der Waals surface area contributed by atoms with E-state index in [1.165, 1.54) is 7.11 Å². The molecular weight excluding hydrogens is 390 g/mol. The molecule has 0 unspecified atom stereocenters. The van der Waals surface area contributed by atoms with Gasteiger partial charge in [-0.05, 0) is 36.4 Å². The van der Waals surface area contributed by atoms with Crippen LogP contribution < -0.4 is 25.3 Å². The SMILES string of the molecule is COc1ccc(C(=O)c2sc(Nc3ccc(OC)c(OC)c3)c(C#N)c2N)cc1. The molecule has 0 saturated carbocycles. The zero-order valence-electron chi connectivity index (χ0n) is 16.1. The van der Waals surface area contributed by atoms with Crippen molar-refractivity contribution in [2.75, 3.05) is 32.4 Å². The summed E-state index contributed by atoms with van der Waals surface area (Å²) in [5.41, 5.74) is 7.63. The molecule has 1 aromatic heterocycles. The Morgan fingerprint density at radius 1 is 1.03 bits per heavy atom. The van der Waals surface area contributed by atoms with Crippen molar-refractivity contribution in [2.45, 2.75) is 0 Å². The molecule has 29 heavy (non-hydrogen) atoms. The molecule has 0 radical (unpaired) electrons. The molecule has 0 atom stereocenters. The van der Waals surface area contributed by atoms with E-state index in [9.17, 15) is 10.1 Å². The van der Waals surface area contributed by atoms with Gasteiger partial charge in [0.1, 0.15) is 27.3 Å². The van der Waals surface area contributed by atoms with Crippen LogP contribution in [0, 0.1) is 11.3 Å². The largest absolute Gasteiger partial charge is 0.497 e. The van der Waals surface area contributed by atoms with Crippen LogP contribution in [0.3, 0.4) is 0 Å². The van der Waals surface area contributed by atoms with Crippen LogP contribution in [-0.4, -0.2) is 27.1 Å². The molecule has 3 N–H and O–H groups in total. The van der Waals surface area contributed by atoms with E-state index < -0.39 is 0 Å². The van der Waals surface area contributed by atoms with E-state index in [0.717, 1.165) is 11.3 Å². The maximum absolute atomic E-state index is 12.9. The van der Waals surface area contributed by atoms with Crippen molar-refractivity contribution in [2.24, 2.45) is 0 Å². The van der Waals surface area contributed by atoms with Crippen LogP contribution in [0.4, 0.5) is 16.4 Å². The van der Waals surface area contributed by atoms with E-state index in [-0.39, 0.29) is 17.0 Å². The van der Waals surface area contributed by atoms with Crippen LogP contribution in [-0.2, 0) is 0 Å². The van der Waals surface area contributed by atoms with Gasteiger partial charge in [0.25, 0.3) is 0 Å². The summed E-state index contributed by atoms with van der Waals surface area (Å²) in [6.45, 7) is 0. The fourth-order valence-electron chi connectivity index (χ4n) is 2.73. The summed E-state index contributed by atoms with van der Waals surface area (Å²) >= 11 is 1.13. The number of benzene rings is 2. The zero-order chi connectivity index (χ0) is 21.0. The number of ether oxygens (including phenoxy) is 3. The Hall–Kier alpha value is -3.70. The fraction of sp³-hybridized carbons (Fsp3) is 0.143. The van der Waals surface area contributed by atoms with Crippen molar-refractivity contribution in [1.29, 1.82) is 5.26 Å². The van der Waals surface area contributed by atoms with Crippen molar-refractivity contribution < 1.29 is 19.0 Å². The number of thiophene rings is 1. The van der Waals surface area contributed by atoms with Gasteiger partial charge in [-0.1, -0.05) is 0 Å². The molecular formula is C21H19N3O4S. The number of nitrogens with one attached hydrogen (secondary N) is 1. The molecule has 2 aromatic carbocycles. The minimum Gasteiger partial charge on any atom is -0.497 e. The third kappa shape index (κ3) is 3.95. The molecule has 3 rings (SSSR count). The molecule has 0 spiro atoms. The lowest BCUT2D eigenvalue weighted by Gasteiger charge is -2.10. The predicted octanol–water partition coefficient (Wildman–Crippen LogP) is 4.20. The summed E-state index contributed by atoms with van der Waals surface area (Å²) in [4.78, 5) is 13.2. The van der Waals surface area contributed by atoms with Gasteiger partial charge in [0.15, 0.2) is 11.5 Å². The average molecular weight is 409 g/mol. The Bertz CT molecular complexity index is 1080. The maximum Gasteiger partial charge on any atom is 0.205 e. The molecule has 0 aliphatic carbocycles. The summed E-state index contributed by atoms with van der Waals surface area (Å²) in [7, 11) is 4.65. The van der Waals surface area contributed by atoms with Crippen LogP contribution in [0.25, 0.3) is 0 Å². The van der Waals surface area contributed by atoms with Gasteiger partial charge in [-0.15, -0.1) is 11.3 Å². The first-order valence-electron chi connectivity index (χ1n) is 8.52. The average Bonchev–Trinajstić information content (AvgIpc) is 3.07. The highest BCUT2D eigenvalue weighted by Gasteiger charge is 2.22. The number of nitrogen functional groups attached to an aromatic ring is 1. The van der Waals surface area contributed by atoms with Crippen molar-refractivity contribution in [3.05, 3.63) is 58.5 Å². The standard InChI is InChI=1S/C21H19N3O4S/c1-26-14-7-4-12(5-8-14)19(25)20-18(23)15(11-22)21(29-20)24-13-6-9-16(27-2)17(10-13)28-3/h4-10,24H,23H2,1-3H3. The van der Waals surface area contributed by atoms with Gasteiger partial charge in [0.2, 0.25) is 5.78 Å². The Balaban J connectivity index is 1.95. The van der Waals surface area contributed by atoms with E-state index in [2.05, 4.69) is 11.4 Å². The lowest BCUT2D eigenvalue weighted by Crippen LogP contribution is -2.02.